The van der Waals surface area contributed by atoms with Gasteiger partial charge in [0.15, 0.2) is 18.9 Å². The molecule has 3 rings (SSSR count). The van der Waals surface area contributed by atoms with E-state index in [1.807, 2.05) is 6.08 Å². The third-order valence-corrected chi connectivity index (χ3v) is 21.7. The largest absolute Gasteiger partial charge is 0.394 e. The molecule has 3 fully saturated rings. The van der Waals surface area contributed by atoms with Gasteiger partial charge in [0.25, 0.3) is 0 Å². The van der Waals surface area contributed by atoms with E-state index < -0.39 is 124 Å². The van der Waals surface area contributed by atoms with Crippen molar-refractivity contribution in [2.75, 3.05) is 26.4 Å². The van der Waals surface area contributed by atoms with Crippen molar-refractivity contribution in [1.29, 1.82) is 0 Å². The number of ether oxygens (including phenoxy) is 6. The van der Waals surface area contributed by atoms with Gasteiger partial charge >= 0.3 is 0 Å². The maximum absolute atomic E-state index is 13.5. The highest BCUT2D eigenvalue weighted by atomic mass is 16.8. The van der Waals surface area contributed by atoms with E-state index in [-0.39, 0.29) is 18.9 Å². The minimum absolute atomic E-state index is 0.224. The van der Waals surface area contributed by atoms with E-state index in [4.69, 9.17) is 28.4 Å². The minimum Gasteiger partial charge on any atom is -0.394 e. The summed E-state index contributed by atoms with van der Waals surface area (Å²) in [5.41, 5.74) is 0. The van der Waals surface area contributed by atoms with E-state index >= 15 is 0 Å². The topological polar surface area (TPSA) is 307 Å². The lowest BCUT2D eigenvalue weighted by molar-refractivity contribution is -0.379. The Labute approximate surface area is 690 Å². The number of amides is 1. The lowest BCUT2D eigenvalue weighted by Crippen LogP contribution is -2.66. The van der Waals surface area contributed by atoms with Crippen molar-refractivity contribution < 1.29 is 89.4 Å². The molecule has 17 unspecified atom stereocenters. The van der Waals surface area contributed by atoms with Gasteiger partial charge < -0.3 is 89.9 Å². The Balaban J connectivity index is 1.34. The summed E-state index contributed by atoms with van der Waals surface area (Å²) in [5, 5.41) is 121. The zero-order valence-corrected chi connectivity index (χ0v) is 70.8. The molecule has 656 valence electrons. The molecule has 12 N–H and O–H groups in total. The first-order chi connectivity index (χ1) is 55.8. The van der Waals surface area contributed by atoms with E-state index in [2.05, 4.69) is 141 Å². The van der Waals surface area contributed by atoms with Crippen molar-refractivity contribution in [3.63, 3.8) is 0 Å². The maximum Gasteiger partial charge on any atom is 0.220 e. The van der Waals surface area contributed by atoms with E-state index in [1.165, 1.54) is 186 Å². The molecule has 0 spiro atoms. The first kappa shape index (κ1) is 104. The van der Waals surface area contributed by atoms with Crippen LogP contribution in [0, 0.1) is 0 Å². The number of aliphatic hydroxyl groups excluding tert-OH is 11. The van der Waals surface area contributed by atoms with E-state index in [0.717, 1.165) is 109 Å². The molecule has 0 aliphatic carbocycles. The van der Waals surface area contributed by atoms with Crippen LogP contribution < -0.4 is 5.32 Å². The fourth-order valence-electron chi connectivity index (χ4n) is 14.5. The summed E-state index contributed by atoms with van der Waals surface area (Å²) < 4.78 is 34.5. The Morgan fingerprint density at radius 3 is 0.982 bits per heavy atom. The second-order valence-corrected chi connectivity index (χ2v) is 31.7. The van der Waals surface area contributed by atoms with Crippen LogP contribution in [0.15, 0.2) is 134 Å². The normalized spacial score (nSPS) is 25.4. The summed E-state index contributed by atoms with van der Waals surface area (Å²) in [6, 6.07) is -1.00. The van der Waals surface area contributed by atoms with Crippen LogP contribution in [0.2, 0.25) is 0 Å². The number of hydrogen-bond acceptors (Lipinski definition) is 18. The van der Waals surface area contributed by atoms with Gasteiger partial charge in [-0.2, -0.15) is 0 Å². The molecular formula is C95H163NO18. The van der Waals surface area contributed by atoms with Gasteiger partial charge in [-0.25, -0.2) is 0 Å². The molecular weight excluding hydrogens is 1440 g/mol. The second-order valence-electron chi connectivity index (χ2n) is 31.7. The molecule has 3 heterocycles. The summed E-state index contributed by atoms with van der Waals surface area (Å²) in [4.78, 5) is 13.5. The number of rotatable bonds is 72. The zero-order valence-electron chi connectivity index (χ0n) is 70.8. The van der Waals surface area contributed by atoms with Crippen molar-refractivity contribution in [2.24, 2.45) is 0 Å². The standard InChI is InChI=1S/C95H163NO18/c1-3-5-7-9-11-13-15-17-19-21-23-25-27-29-31-33-35-36-37-38-39-40-41-42-43-45-47-49-51-53-55-57-59-61-63-65-67-69-71-73-83(101)96-78(79(100)72-70-68-66-64-62-60-58-56-54-52-50-48-46-44-34-32-30-28-26-24-22-20-18-16-14-12-10-8-6-4-2)77-109-93-89(107)86(104)91(81(75-98)111-93)114-95-90(108)87(105)92(82(76-99)112-95)113-94-88(106)85(103)84(102)80(74-97)110-94/h5,7,11,13,17,19,23,25,29,31,35-36,38-39,41-42,45,47,62,64,70,72,78-82,84-95,97-100,102-108H,3-4,6,8-10,12,14-16,18,20-22,24,26-28,30,32-34,37,40,43-44,46,48-61,63,65-69,71,73-77H2,1-2H3,(H,96,101)/b7-5-,13-11-,19-17-,25-23-,31-29-,36-35-,39-38-,42-41-,47-45-,64-62+,72-70+. The molecule has 0 saturated carbocycles. The lowest BCUT2D eigenvalue weighted by atomic mass is 9.96. The van der Waals surface area contributed by atoms with E-state index in [0.29, 0.717) is 12.8 Å². The summed E-state index contributed by atoms with van der Waals surface area (Å²) in [7, 11) is 0. The van der Waals surface area contributed by atoms with Crippen molar-refractivity contribution >= 4 is 5.91 Å². The number of carbonyl (C=O) groups is 1. The molecule has 0 aromatic heterocycles. The Bertz CT molecular complexity index is 2580. The smallest absolute Gasteiger partial charge is 0.220 e. The van der Waals surface area contributed by atoms with Crippen molar-refractivity contribution in [3.05, 3.63) is 134 Å². The quantitative estimate of drug-likeness (QED) is 0.0199. The summed E-state index contributed by atoms with van der Waals surface area (Å²) in [5.74, 6) is -0.290. The van der Waals surface area contributed by atoms with Crippen LogP contribution >= 0.6 is 0 Å². The van der Waals surface area contributed by atoms with Crippen LogP contribution in [0.25, 0.3) is 0 Å². The maximum atomic E-state index is 13.5. The molecule has 0 aromatic rings. The molecule has 0 aromatic carbocycles. The molecule has 19 nitrogen and oxygen atoms in total. The van der Waals surface area contributed by atoms with Crippen LogP contribution in [0.3, 0.4) is 0 Å². The molecule has 3 aliphatic heterocycles. The van der Waals surface area contributed by atoms with Crippen LogP contribution in [0.4, 0.5) is 0 Å². The van der Waals surface area contributed by atoms with Crippen molar-refractivity contribution in [2.45, 2.75) is 433 Å². The van der Waals surface area contributed by atoms with Crippen LogP contribution in [0.5, 0.6) is 0 Å². The van der Waals surface area contributed by atoms with E-state index in [9.17, 15) is 61.0 Å². The first-order valence-corrected chi connectivity index (χ1v) is 45.4. The predicted molar refractivity (Wildman–Crippen MR) is 461 cm³/mol. The molecule has 0 radical (unpaired) electrons. The third kappa shape index (κ3) is 50.8. The third-order valence-electron chi connectivity index (χ3n) is 21.7. The number of carbonyl (C=O) groups excluding carboxylic acids is 1. The molecule has 114 heavy (non-hydrogen) atoms. The Morgan fingerprint density at radius 2 is 0.614 bits per heavy atom. The van der Waals surface area contributed by atoms with Crippen LogP contribution in [-0.4, -0.2) is 193 Å². The molecule has 3 saturated heterocycles. The monoisotopic (exact) mass is 1610 g/mol. The highest BCUT2D eigenvalue weighted by Crippen LogP contribution is 2.33. The molecule has 0 bridgehead atoms. The molecule has 1 amide bonds. The minimum atomic E-state index is -1.99. The van der Waals surface area contributed by atoms with Crippen LogP contribution in [0.1, 0.15) is 328 Å². The lowest BCUT2D eigenvalue weighted by Gasteiger charge is -2.48. The van der Waals surface area contributed by atoms with E-state index in [1.54, 1.807) is 6.08 Å². The SMILES string of the molecule is CC/C=C\C/C=C\C/C=C\C/C=C\C/C=C\C/C=C\C/C=C\C/C=C\C/C=C\CCCCCCCCCCCCCC(=O)NC(COC1OC(CO)C(OC2OC(CO)C(OC3OC(CO)C(O)C(O)C3O)C(O)C2O)C(O)C1O)C(O)/C=C/CC/C=C/CCCCCCCCCCCCCCCCCCCCCCCCCC. The molecule has 17 atom stereocenters. The Hall–Kier alpha value is -4.07. The Morgan fingerprint density at radius 1 is 0.325 bits per heavy atom. The summed E-state index contributed by atoms with van der Waals surface area (Å²) in [6.45, 7) is 1.63. The van der Waals surface area contributed by atoms with Gasteiger partial charge in [-0.05, 0) is 103 Å². The number of allylic oxidation sites excluding steroid dienone is 21. The highest BCUT2D eigenvalue weighted by Gasteiger charge is 2.54. The van der Waals surface area contributed by atoms with Crippen molar-refractivity contribution in [1.82, 2.24) is 5.32 Å². The molecule has 19 heteroatoms. The number of nitrogens with one attached hydrogen (secondary N) is 1. The van der Waals surface area contributed by atoms with Gasteiger partial charge in [0.2, 0.25) is 5.91 Å². The van der Waals surface area contributed by atoms with Gasteiger partial charge in [-0.3, -0.25) is 4.79 Å². The first-order valence-electron chi connectivity index (χ1n) is 45.4. The van der Waals surface area contributed by atoms with Crippen molar-refractivity contribution in [3.8, 4) is 0 Å². The summed E-state index contributed by atoms with van der Waals surface area (Å²) in [6.07, 6.45) is 78.8. The highest BCUT2D eigenvalue weighted by molar-refractivity contribution is 5.76. The van der Waals surface area contributed by atoms with Crippen LogP contribution in [-0.2, 0) is 33.2 Å². The van der Waals surface area contributed by atoms with Gasteiger partial charge in [0.05, 0.1) is 38.6 Å². The second kappa shape index (κ2) is 72.9. The molecule has 3 aliphatic rings. The fourth-order valence-corrected chi connectivity index (χ4v) is 14.5. The average molecular weight is 1610 g/mol. The number of unbranched alkanes of at least 4 members (excludes halogenated alkanes) is 36. The predicted octanol–water partition coefficient (Wildman–Crippen LogP) is 17.6. The van der Waals surface area contributed by atoms with Gasteiger partial charge in [-0.1, -0.05) is 353 Å². The average Bonchev–Trinajstić information content (AvgIpc) is 0.783. The number of aliphatic hydroxyl groups is 11. The van der Waals surface area contributed by atoms with Gasteiger partial charge in [-0.15, -0.1) is 0 Å². The fraction of sp³-hybridized carbons (Fsp3) is 0.758. The zero-order chi connectivity index (χ0) is 82.4. The Kier molecular flexibility index (Phi) is 66.6. The van der Waals surface area contributed by atoms with Gasteiger partial charge in [0.1, 0.15) is 73.2 Å². The van der Waals surface area contributed by atoms with Gasteiger partial charge in [0, 0.05) is 6.42 Å². The number of hydrogen-bond donors (Lipinski definition) is 12. The summed E-state index contributed by atoms with van der Waals surface area (Å²) >= 11 is 0.